The predicted molar refractivity (Wildman–Crippen MR) is 54.3 cm³/mol. The maximum Gasteiger partial charge on any atom is 0.0165 e. The molecule has 2 unspecified atom stereocenters. The van der Waals surface area contributed by atoms with E-state index in [-0.39, 0.29) is 0 Å². The lowest BCUT2D eigenvalue weighted by molar-refractivity contribution is 0.193. The summed E-state index contributed by atoms with van der Waals surface area (Å²) in [7, 11) is 0. The first-order valence-electron chi connectivity index (χ1n) is 5.28. The zero-order chi connectivity index (χ0) is 9.19. The Kier molecular flexibility index (Phi) is 3.16. The molecule has 0 bridgehead atoms. The highest BCUT2D eigenvalue weighted by Crippen LogP contribution is 2.27. The number of rotatable bonds is 4. The molecule has 0 spiro atoms. The fraction of sp³-hybridized carbons (Fsp3) is 1.00. The smallest absolute Gasteiger partial charge is 0.0165 e. The molecule has 0 aromatic carbocycles. The van der Waals surface area contributed by atoms with Crippen molar-refractivity contribution in [3.63, 3.8) is 0 Å². The third kappa shape index (κ3) is 2.48. The van der Waals surface area contributed by atoms with Gasteiger partial charge in [0.15, 0.2) is 0 Å². The Balaban J connectivity index is 2.16. The molecule has 1 heterocycles. The second-order valence-corrected chi connectivity index (χ2v) is 5.00. The van der Waals surface area contributed by atoms with E-state index in [4.69, 9.17) is 0 Å². The first-order valence-corrected chi connectivity index (χ1v) is 5.28. The lowest BCUT2D eigenvalue weighted by Crippen LogP contribution is -2.54. The normalized spacial score (nSPS) is 31.8. The lowest BCUT2D eigenvalue weighted by Gasteiger charge is -2.41. The monoisotopic (exact) mass is 169 g/mol. The van der Waals surface area contributed by atoms with Crippen molar-refractivity contribution < 1.29 is 0 Å². The Labute approximate surface area is 76.9 Å². The van der Waals surface area contributed by atoms with Crippen LogP contribution in [0.5, 0.6) is 0 Å². The average Bonchev–Trinajstić information content (AvgIpc) is 1.96. The summed E-state index contributed by atoms with van der Waals surface area (Å²) >= 11 is 0. The van der Waals surface area contributed by atoms with Crippen LogP contribution in [0.15, 0.2) is 0 Å². The van der Waals surface area contributed by atoms with Crippen molar-refractivity contribution in [2.45, 2.75) is 52.5 Å². The molecule has 0 aliphatic carbocycles. The Morgan fingerprint density at radius 2 is 1.92 bits per heavy atom. The highest BCUT2D eigenvalue weighted by molar-refractivity contribution is 4.92. The Morgan fingerprint density at radius 1 is 1.33 bits per heavy atom. The summed E-state index contributed by atoms with van der Waals surface area (Å²) in [5.74, 6) is 1.72. The van der Waals surface area contributed by atoms with Crippen LogP contribution < -0.4 is 5.32 Å². The molecule has 1 fully saturated rings. The highest BCUT2D eigenvalue weighted by Gasteiger charge is 2.30. The zero-order valence-electron chi connectivity index (χ0n) is 8.98. The number of hydrogen-bond acceptors (Lipinski definition) is 1. The van der Waals surface area contributed by atoms with E-state index in [2.05, 4.69) is 33.0 Å². The molecule has 0 amide bonds. The summed E-state index contributed by atoms with van der Waals surface area (Å²) in [6.07, 6.45) is 4.10. The Morgan fingerprint density at radius 3 is 2.25 bits per heavy atom. The minimum atomic E-state index is 0.489. The van der Waals surface area contributed by atoms with Gasteiger partial charge in [-0.15, -0.1) is 0 Å². The van der Waals surface area contributed by atoms with E-state index in [0.717, 1.165) is 11.8 Å². The summed E-state index contributed by atoms with van der Waals surface area (Å²) in [5, 5.41) is 3.52. The molecule has 1 heteroatoms. The largest absolute Gasteiger partial charge is 0.311 e. The molecule has 1 nitrogen and oxygen atoms in total. The van der Waals surface area contributed by atoms with Crippen molar-refractivity contribution in [1.29, 1.82) is 0 Å². The second kappa shape index (κ2) is 3.78. The maximum absolute atomic E-state index is 3.52. The summed E-state index contributed by atoms with van der Waals surface area (Å²) in [5.41, 5.74) is 0.489. The van der Waals surface area contributed by atoms with Crippen molar-refractivity contribution in [2.75, 3.05) is 6.54 Å². The van der Waals surface area contributed by atoms with E-state index < -0.39 is 0 Å². The van der Waals surface area contributed by atoms with Crippen molar-refractivity contribution in [2.24, 2.45) is 11.8 Å². The van der Waals surface area contributed by atoms with Crippen LogP contribution in [-0.2, 0) is 0 Å². The van der Waals surface area contributed by atoms with Gasteiger partial charge in [-0.3, -0.25) is 0 Å². The van der Waals surface area contributed by atoms with E-state index in [0.29, 0.717) is 5.54 Å². The SMILES string of the molecule is CC(C)C(C)CCC1(C)CCN1. The molecule has 1 saturated heterocycles. The van der Waals surface area contributed by atoms with Gasteiger partial charge < -0.3 is 5.32 Å². The number of nitrogens with one attached hydrogen (secondary N) is 1. The molecule has 1 rings (SSSR count). The highest BCUT2D eigenvalue weighted by atomic mass is 15.0. The molecule has 1 aliphatic rings. The molecule has 1 aliphatic heterocycles. The van der Waals surface area contributed by atoms with E-state index in [1.807, 2.05) is 0 Å². The van der Waals surface area contributed by atoms with Crippen molar-refractivity contribution in [1.82, 2.24) is 5.32 Å². The molecular weight excluding hydrogens is 146 g/mol. The Hall–Kier alpha value is -0.0400. The number of hydrogen-bond donors (Lipinski definition) is 1. The van der Waals surface area contributed by atoms with Crippen LogP contribution in [-0.4, -0.2) is 12.1 Å². The molecular formula is C11H23N. The molecule has 1 N–H and O–H groups in total. The van der Waals surface area contributed by atoms with Gasteiger partial charge in [-0.1, -0.05) is 20.8 Å². The van der Waals surface area contributed by atoms with Gasteiger partial charge in [0.25, 0.3) is 0 Å². The van der Waals surface area contributed by atoms with Crippen LogP contribution in [0.4, 0.5) is 0 Å². The van der Waals surface area contributed by atoms with Crippen molar-refractivity contribution >= 4 is 0 Å². The third-order valence-corrected chi connectivity index (χ3v) is 3.52. The van der Waals surface area contributed by atoms with Gasteiger partial charge in [-0.25, -0.2) is 0 Å². The quantitative estimate of drug-likeness (QED) is 0.682. The minimum absolute atomic E-state index is 0.489. The van der Waals surface area contributed by atoms with E-state index in [1.54, 1.807) is 0 Å². The first kappa shape index (κ1) is 10.0. The van der Waals surface area contributed by atoms with Gasteiger partial charge in [0.05, 0.1) is 0 Å². The van der Waals surface area contributed by atoms with Crippen molar-refractivity contribution in [3.05, 3.63) is 0 Å². The van der Waals surface area contributed by atoms with Gasteiger partial charge in [-0.05, 0) is 44.6 Å². The van der Waals surface area contributed by atoms with Crippen molar-refractivity contribution in [3.8, 4) is 0 Å². The zero-order valence-corrected chi connectivity index (χ0v) is 8.98. The van der Waals surface area contributed by atoms with Crippen LogP contribution in [0, 0.1) is 11.8 Å². The average molecular weight is 169 g/mol. The van der Waals surface area contributed by atoms with Gasteiger partial charge in [-0.2, -0.15) is 0 Å². The summed E-state index contributed by atoms with van der Waals surface area (Å²) < 4.78 is 0. The topological polar surface area (TPSA) is 12.0 Å². The molecule has 2 atom stereocenters. The van der Waals surface area contributed by atoms with E-state index in [9.17, 15) is 0 Å². The van der Waals surface area contributed by atoms with Gasteiger partial charge >= 0.3 is 0 Å². The standard InChI is InChI=1S/C11H23N/c1-9(2)10(3)5-6-11(4)7-8-12-11/h9-10,12H,5-8H2,1-4H3. The predicted octanol–water partition coefficient (Wildman–Crippen LogP) is 2.81. The van der Waals surface area contributed by atoms with E-state index in [1.165, 1.54) is 25.8 Å². The lowest BCUT2D eigenvalue weighted by atomic mass is 9.81. The van der Waals surface area contributed by atoms with E-state index >= 15 is 0 Å². The molecule has 12 heavy (non-hydrogen) atoms. The third-order valence-electron chi connectivity index (χ3n) is 3.52. The minimum Gasteiger partial charge on any atom is -0.311 e. The molecule has 72 valence electrons. The summed E-state index contributed by atoms with van der Waals surface area (Å²) in [4.78, 5) is 0. The second-order valence-electron chi connectivity index (χ2n) is 5.00. The summed E-state index contributed by atoms with van der Waals surface area (Å²) in [6, 6.07) is 0. The summed E-state index contributed by atoms with van der Waals surface area (Å²) in [6.45, 7) is 10.6. The molecule has 0 radical (unpaired) electrons. The van der Waals surface area contributed by atoms with Crippen LogP contribution in [0.25, 0.3) is 0 Å². The molecule has 0 saturated carbocycles. The van der Waals surface area contributed by atoms with Crippen LogP contribution >= 0.6 is 0 Å². The van der Waals surface area contributed by atoms with Crippen LogP contribution in [0.2, 0.25) is 0 Å². The van der Waals surface area contributed by atoms with Gasteiger partial charge in [0.2, 0.25) is 0 Å². The van der Waals surface area contributed by atoms with Crippen LogP contribution in [0.1, 0.15) is 47.0 Å². The van der Waals surface area contributed by atoms with Crippen LogP contribution in [0.3, 0.4) is 0 Å². The first-order chi connectivity index (χ1) is 5.53. The van der Waals surface area contributed by atoms with Gasteiger partial charge in [0.1, 0.15) is 0 Å². The van der Waals surface area contributed by atoms with Gasteiger partial charge in [0, 0.05) is 5.54 Å². The Bertz CT molecular complexity index is 136. The molecule has 0 aromatic rings. The fourth-order valence-corrected chi connectivity index (χ4v) is 1.64. The maximum atomic E-state index is 3.52. The fourth-order valence-electron chi connectivity index (χ4n) is 1.64. The molecule has 0 aromatic heterocycles.